The van der Waals surface area contributed by atoms with Gasteiger partial charge in [0.25, 0.3) is 0 Å². The number of phenolic OH excluding ortho intramolecular Hbond substituents is 1. The molecule has 2 aromatic heterocycles. The number of hydrogen-bond donors (Lipinski definition) is 1. The van der Waals surface area contributed by atoms with Gasteiger partial charge in [0.1, 0.15) is 22.5 Å². The maximum Gasteiger partial charge on any atom is 0.143 e. The molecule has 4 heteroatoms. The van der Waals surface area contributed by atoms with E-state index in [4.69, 9.17) is 0 Å². The van der Waals surface area contributed by atoms with Crippen LogP contribution in [0.3, 0.4) is 0 Å². The van der Waals surface area contributed by atoms with Crippen molar-refractivity contribution in [3.8, 4) is 11.4 Å². The number of hydrogen-bond acceptors (Lipinski definition) is 1. The summed E-state index contributed by atoms with van der Waals surface area (Å²) in [4.78, 5) is 1.94. The van der Waals surface area contributed by atoms with Gasteiger partial charge in [-0.25, -0.2) is 0 Å². The van der Waals surface area contributed by atoms with E-state index in [-0.39, 0.29) is 0 Å². The van der Waals surface area contributed by atoms with E-state index in [9.17, 15) is 5.11 Å². The van der Waals surface area contributed by atoms with E-state index in [0.717, 1.165) is 5.69 Å². The van der Waals surface area contributed by atoms with Gasteiger partial charge < -0.3 is 5.11 Å². The molecule has 0 radical (unpaired) electrons. The normalized spacial score (nSPS) is 9.00. The van der Waals surface area contributed by atoms with E-state index < -0.39 is 0 Å². The van der Waals surface area contributed by atoms with Crippen LogP contribution in [0.25, 0.3) is 16.7 Å². The Labute approximate surface area is 146 Å². The van der Waals surface area contributed by atoms with Crippen molar-refractivity contribution in [3.05, 3.63) is 48.5 Å². The van der Waals surface area contributed by atoms with Gasteiger partial charge >= 0.3 is 0 Å². The zero-order valence-corrected chi connectivity index (χ0v) is 16.4. The second-order valence-corrected chi connectivity index (χ2v) is 3.85. The Balaban J connectivity index is 0.000000588. The molecule has 4 aromatic rings. The van der Waals surface area contributed by atoms with Crippen LogP contribution in [0.15, 0.2) is 48.5 Å². The molecule has 0 atom stereocenters. The largest absolute Gasteiger partial charge is 0.506 e. The van der Waals surface area contributed by atoms with E-state index >= 15 is 0 Å². The van der Waals surface area contributed by atoms with Crippen LogP contribution in [-0.2, 0) is 0 Å². The maximum atomic E-state index is 9.77. The molecule has 0 saturated carbocycles. The Morgan fingerprint density at radius 1 is 0.583 bits per heavy atom. The summed E-state index contributed by atoms with van der Waals surface area (Å²) in [6, 6.07) is 15.5. The third kappa shape index (κ3) is 3.94. The highest BCUT2D eigenvalue weighted by Gasteiger charge is 2.24. The minimum absolute atomic E-state index is 0.294. The number of aromatic hydroxyl groups is 1. The summed E-state index contributed by atoms with van der Waals surface area (Å²) >= 11 is 0. The first-order valence-electron chi connectivity index (χ1n) is 9.15. The summed E-state index contributed by atoms with van der Waals surface area (Å²) in [5.74, 6) is 0.294. The van der Waals surface area contributed by atoms with E-state index in [0.29, 0.717) is 5.75 Å². The van der Waals surface area contributed by atoms with Gasteiger partial charge in [-0.2, -0.15) is 0 Å². The summed E-state index contributed by atoms with van der Waals surface area (Å²) in [6.45, 7) is 16.0. The molecule has 0 spiro atoms. The fraction of sp³-hybridized carbons (Fsp3) is 0.400. The number of para-hydroxylation sites is 4. The lowest BCUT2D eigenvalue weighted by molar-refractivity contribution is 0.472. The quantitative estimate of drug-likeness (QED) is 0.440. The van der Waals surface area contributed by atoms with Crippen LogP contribution in [0.2, 0.25) is 0 Å². The molecule has 0 aliphatic rings. The molecule has 0 bridgehead atoms. The summed E-state index contributed by atoms with van der Waals surface area (Å²) < 4.78 is 4.04. The lowest BCUT2D eigenvalue weighted by Gasteiger charge is -1.95. The molecule has 0 amide bonds. The molecule has 4 rings (SSSR count). The summed E-state index contributed by atoms with van der Waals surface area (Å²) in [5, 5.41) is 9.77. The van der Waals surface area contributed by atoms with Crippen LogP contribution >= 0.6 is 0 Å². The zero-order chi connectivity index (χ0) is 18.7. The number of nitrogens with zero attached hydrogens (tertiary/aromatic N) is 3. The Kier molecular flexibility index (Phi) is 10.1. The Bertz CT molecular complexity index is 735. The Morgan fingerprint density at radius 2 is 0.958 bits per heavy atom. The summed E-state index contributed by atoms with van der Waals surface area (Å²) in [5.41, 5.74) is 3.15. The molecule has 2 aromatic carbocycles. The topological polar surface area (TPSA) is 34.0 Å². The maximum absolute atomic E-state index is 9.77. The fourth-order valence-corrected chi connectivity index (χ4v) is 2.13. The second-order valence-electron chi connectivity index (χ2n) is 3.85. The van der Waals surface area contributed by atoms with Crippen molar-refractivity contribution < 1.29 is 5.11 Å². The summed E-state index contributed by atoms with van der Waals surface area (Å²) in [6.07, 6.45) is 0. The van der Waals surface area contributed by atoms with E-state index in [1.807, 2.05) is 99.8 Å². The van der Waals surface area contributed by atoms with Crippen molar-refractivity contribution in [2.75, 3.05) is 0 Å². The predicted octanol–water partition coefficient (Wildman–Crippen LogP) is 6.23. The predicted molar refractivity (Wildman–Crippen MR) is 106 cm³/mol. The molecule has 0 aliphatic heterocycles. The first-order valence-corrected chi connectivity index (χ1v) is 9.15. The summed E-state index contributed by atoms with van der Waals surface area (Å²) in [7, 11) is 0. The van der Waals surface area contributed by atoms with Crippen LogP contribution in [0, 0.1) is 0 Å². The fourth-order valence-electron chi connectivity index (χ4n) is 2.13. The average Bonchev–Trinajstić information content (AvgIpc) is 3.35. The minimum atomic E-state index is 0.294. The third-order valence-corrected chi connectivity index (χ3v) is 2.92. The molecule has 2 heterocycles. The van der Waals surface area contributed by atoms with Crippen molar-refractivity contribution in [2.45, 2.75) is 55.4 Å². The number of fused-ring (bicyclic) bond motifs is 4. The van der Waals surface area contributed by atoms with E-state index in [1.54, 1.807) is 6.07 Å². The Hall–Kier alpha value is -2.36. The molecule has 0 fully saturated rings. The van der Waals surface area contributed by atoms with Crippen LogP contribution in [0.4, 0.5) is 0 Å². The standard InChI is InChI=1S/C12H9N3O.4C2H6/c16-12-8-4-3-7-11(12)15-13-9-5-1-2-6-10(9)14(13)15;4*1-2/h1-8,16H;4*1-2H3. The minimum Gasteiger partial charge on any atom is -0.506 e. The van der Waals surface area contributed by atoms with Gasteiger partial charge in [-0.05, 0) is 24.3 Å². The van der Waals surface area contributed by atoms with Crippen LogP contribution in [0.5, 0.6) is 5.75 Å². The molecule has 1 N–H and O–H groups in total. The van der Waals surface area contributed by atoms with Crippen molar-refractivity contribution in [1.29, 1.82) is 0 Å². The molecule has 0 aliphatic carbocycles. The first kappa shape index (κ1) is 21.6. The average molecular weight is 332 g/mol. The Morgan fingerprint density at radius 3 is 1.38 bits per heavy atom. The number of rotatable bonds is 1. The zero-order valence-electron chi connectivity index (χ0n) is 16.4. The molecule has 4 nitrogen and oxygen atoms in total. The highest BCUT2D eigenvalue weighted by Crippen LogP contribution is 2.29. The molecule has 24 heavy (non-hydrogen) atoms. The van der Waals surface area contributed by atoms with Gasteiger partial charge in [-0.3, -0.25) is 0 Å². The van der Waals surface area contributed by atoms with Crippen LogP contribution in [-0.4, -0.2) is 19.2 Å². The van der Waals surface area contributed by atoms with E-state index in [2.05, 4.69) is 12.1 Å². The molecular weight excluding hydrogens is 298 g/mol. The van der Waals surface area contributed by atoms with Crippen molar-refractivity contribution in [1.82, 2.24) is 14.1 Å². The van der Waals surface area contributed by atoms with Gasteiger partial charge in [0.2, 0.25) is 0 Å². The smallest absolute Gasteiger partial charge is 0.143 e. The van der Waals surface area contributed by atoms with Crippen LogP contribution < -0.4 is 0 Å². The number of benzene rings is 2. The van der Waals surface area contributed by atoms with Crippen LogP contribution in [0.1, 0.15) is 55.4 Å². The first-order chi connectivity index (χ1) is 11.9. The number of phenols is 1. The van der Waals surface area contributed by atoms with Gasteiger partial charge in [0.15, 0.2) is 0 Å². The van der Waals surface area contributed by atoms with Gasteiger partial charge in [-0.1, -0.05) is 79.7 Å². The SMILES string of the molecule is CC.CC.CC.CC.Oc1ccccc1-n1n2c3ccccc3n12. The van der Waals surface area contributed by atoms with E-state index in [1.165, 1.54) is 11.0 Å². The van der Waals surface area contributed by atoms with Crippen molar-refractivity contribution in [2.24, 2.45) is 0 Å². The lowest BCUT2D eigenvalue weighted by atomic mass is 10.3. The monoisotopic (exact) mass is 331 g/mol. The van der Waals surface area contributed by atoms with Crippen molar-refractivity contribution in [3.63, 3.8) is 0 Å². The molecule has 0 unspecified atom stereocenters. The highest BCUT2D eigenvalue weighted by molar-refractivity contribution is 5.79. The van der Waals surface area contributed by atoms with Gasteiger partial charge in [-0.15, -0.1) is 14.1 Å². The molecular formula is C20H33N3O. The lowest BCUT2D eigenvalue weighted by Crippen LogP contribution is -1.87. The number of aromatic nitrogens is 3. The highest BCUT2D eigenvalue weighted by atomic mass is 16.3. The van der Waals surface area contributed by atoms with Gasteiger partial charge in [0, 0.05) is 0 Å². The molecule has 0 saturated heterocycles. The third-order valence-electron chi connectivity index (χ3n) is 2.92. The second kappa shape index (κ2) is 11.2. The van der Waals surface area contributed by atoms with Gasteiger partial charge in [0.05, 0.1) is 0 Å². The molecule has 134 valence electrons. The van der Waals surface area contributed by atoms with Crippen molar-refractivity contribution >= 4 is 11.0 Å².